The minimum Gasteiger partial charge on any atom is -0.495 e. The van der Waals surface area contributed by atoms with E-state index in [0.717, 1.165) is 41.3 Å². The molecule has 10 nitrogen and oxygen atoms in total. The molecule has 1 aromatic heterocycles. The second-order valence-corrected chi connectivity index (χ2v) is 7.89. The van der Waals surface area contributed by atoms with E-state index in [4.69, 9.17) is 10.5 Å². The highest BCUT2D eigenvalue weighted by Gasteiger charge is 2.18. The third-order valence-electron chi connectivity index (χ3n) is 5.29. The Hall–Kier alpha value is -3.79. The average Bonchev–Trinajstić information content (AvgIpc) is 3.22. The van der Waals surface area contributed by atoms with Gasteiger partial charge in [0.2, 0.25) is 0 Å². The molecule has 4 rings (SSSR count). The fourth-order valence-electron chi connectivity index (χ4n) is 3.51. The third-order valence-corrected chi connectivity index (χ3v) is 5.29. The lowest BCUT2D eigenvalue weighted by Crippen LogP contribution is -2.29. The lowest BCUT2D eigenvalue weighted by atomic mass is 10.2. The fraction of sp³-hybridized carbons (Fsp3) is 0.318. The molecular formula is C22H29N9O. The van der Waals surface area contributed by atoms with E-state index in [-0.39, 0.29) is 6.17 Å². The number of para-hydroxylation sites is 1. The number of hydrogen-bond acceptors (Lipinski definition) is 9. The van der Waals surface area contributed by atoms with Crippen LogP contribution in [0.1, 0.15) is 0 Å². The molecule has 4 N–H and O–H groups in total. The Morgan fingerprint density at radius 3 is 2.78 bits per heavy atom. The molecule has 1 atom stereocenters. The van der Waals surface area contributed by atoms with Gasteiger partial charge in [-0.1, -0.05) is 17.3 Å². The van der Waals surface area contributed by atoms with Crippen LogP contribution in [0.2, 0.25) is 0 Å². The van der Waals surface area contributed by atoms with Gasteiger partial charge in [0.05, 0.1) is 36.0 Å². The molecule has 0 radical (unpaired) electrons. The Kier molecular flexibility index (Phi) is 6.13. The summed E-state index contributed by atoms with van der Waals surface area (Å²) in [6, 6.07) is 11.6. The maximum absolute atomic E-state index is 6.38. The zero-order chi connectivity index (χ0) is 22.7. The van der Waals surface area contributed by atoms with E-state index >= 15 is 0 Å². The number of nitrogen functional groups attached to an aromatic ring is 1. The molecular weight excluding hydrogens is 406 g/mol. The molecule has 1 unspecified atom stereocenters. The minimum atomic E-state index is -0.333. The van der Waals surface area contributed by atoms with Crippen LogP contribution < -0.4 is 26.0 Å². The highest BCUT2D eigenvalue weighted by atomic mass is 16.5. The molecule has 32 heavy (non-hydrogen) atoms. The molecule has 1 aliphatic rings. The quantitative estimate of drug-likeness (QED) is 0.460. The van der Waals surface area contributed by atoms with E-state index in [0.29, 0.717) is 11.4 Å². The number of aromatic nitrogens is 3. The summed E-state index contributed by atoms with van der Waals surface area (Å²) in [7, 11) is 7.77. The molecule has 3 aromatic rings. The predicted molar refractivity (Wildman–Crippen MR) is 130 cm³/mol. The highest BCUT2D eigenvalue weighted by molar-refractivity contribution is 5.81. The molecule has 1 aliphatic heterocycles. The van der Waals surface area contributed by atoms with E-state index in [2.05, 4.69) is 35.7 Å². The standard InChI is InChI=1S/C22H29N9O/c1-29(2)9-10-30(3)19-12-20(32-4)17(11-15(19)23)26-21-13-22(25-14-24-21)31-18-8-6-5-7-16(18)27-28-31/h5-8,11-14,21,26H,9-10,23H2,1-4H3,(H,24,25). The van der Waals surface area contributed by atoms with Crippen LogP contribution in [0.5, 0.6) is 5.75 Å². The summed E-state index contributed by atoms with van der Waals surface area (Å²) >= 11 is 0. The molecule has 0 bridgehead atoms. The Morgan fingerprint density at radius 2 is 2.00 bits per heavy atom. The monoisotopic (exact) mass is 435 g/mol. The number of benzene rings is 2. The third kappa shape index (κ3) is 4.45. The zero-order valence-corrected chi connectivity index (χ0v) is 18.8. The Balaban J connectivity index is 1.57. The second-order valence-electron chi connectivity index (χ2n) is 7.89. The van der Waals surface area contributed by atoms with Gasteiger partial charge in [-0.2, -0.15) is 4.68 Å². The number of likely N-dealkylation sites (N-methyl/N-ethyl adjacent to an activating group) is 2. The average molecular weight is 436 g/mol. The van der Waals surface area contributed by atoms with Gasteiger partial charge in [0.25, 0.3) is 0 Å². The number of fused-ring (bicyclic) bond motifs is 1. The molecule has 0 saturated heterocycles. The number of nitrogens with zero attached hydrogens (tertiary/aromatic N) is 6. The summed E-state index contributed by atoms with van der Waals surface area (Å²) in [6.45, 7) is 1.77. The van der Waals surface area contributed by atoms with Crippen molar-refractivity contribution in [3.63, 3.8) is 0 Å². The van der Waals surface area contributed by atoms with E-state index in [9.17, 15) is 0 Å². The van der Waals surface area contributed by atoms with Crippen LogP contribution in [0.4, 0.5) is 17.1 Å². The van der Waals surface area contributed by atoms with Crippen molar-refractivity contribution < 1.29 is 4.74 Å². The van der Waals surface area contributed by atoms with Gasteiger partial charge < -0.3 is 30.9 Å². The first-order valence-corrected chi connectivity index (χ1v) is 10.4. The highest BCUT2D eigenvalue weighted by Crippen LogP contribution is 2.35. The second kappa shape index (κ2) is 9.15. The number of rotatable bonds is 8. The van der Waals surface area contributed by atoms with Crippen molar-refractivity contribution in [2.24, 2.45) is 4.99 Å². The predicted octanol–water partition coefficient (Wildman–Crippen LogP) is 1.89. The molecule has 0 fully saturated rings. The number of aliphatic imine (C=N–C) groups is 1. The maximum Gasteiger partial charge on any atom is 0.144 e. The van der Waals surface area contributed by atoms with Crippen LogP contribution in [0, 0.1) is 0 Å². The SMILES string of the molecule is COc1cc(N(C)CCN(C)C)c(N)cc1NC1C=C(n2nnc3ccccc32)NC=N1. The fourth-order valence-corrected chi connectivity index (χ4v) is 3.51. The van der Waals surface area contributed by atoms with Crippen molar-refractivity contribution >= 4 is 40.3 Å². The normalized spacial score (nSPS) is 15.5. The van der Waals surface area contributed by atoms with Crippen LogP contribution >= 0.6 is 0 Å². The Bertz CT molecular complexity index is 1150. The number of hydrogen-bond donors (Lipinski definition) is 3. The van der Waals surface area contributed by atoms with Crippen molar-refractivity contribution in [3.05, 3.63) is 42.5 Å². The molecule has 0 saturated carbocycles. The van der Waals surface area contributed by atoms with Gasteiger partial charge >= 0.3 is 0 Å². The van der Waals surface area contributed by atoms with Crippen LogP contribution in [0.25, 0.3) is 16.9 Å². The largest absolute Gasteiger partial charge is 0.495 e. The lowest BCUT2D eigenvalue weighted by Gasteiger charge is -2.25. The Labute approximate surface area is 187 Å². The van der Waals surface area contributed by atoms with Crippen molar-refractivity contribution in [1.82, 2.24) is 25.2 Å². The van der Waals surface area contributed by atoms with Gasteiger partial charge in [-0.25, -0.2) is 4.99 Å². The van der Waals surface area contributed by atoms with Crippen LogP contribution in [0.3, 0.4) is 0 Å². The van der Waals surface area contributed by atoms with Crippen molar-refractivity contribution in [3.8, 4) is 5.75 Å². The topological polar surface area (TPSA) is 109 Å². The van der Waals surface area contributed by atoms with Crippen LogP contribution in [0.15, 0.2) is 47.5 Å². The van der Waals surface area contributed by atoms with E-state index in [1.165, 1.54) is 0 Å². The van der Waals surface area contributed by atoms with Crippen molar-refractivity contribution in [2.45, 2.75) is 6.17 Å². The van der Waals surface area contributed by atoms with Crippen molar-refractivity contribution in [2.75, 3.05) is 57.3 Å². The van der Waals surface area contributed by atoms with Gasteiger partial charge in [0.1, 0.15) is 23.3 Å². The minimum absolute atomic E-state index is 0.333. The molecule has 168 valence electrons. The smallest absolute Gasteiger partial charge is 0.144 e. The summed E-state index contributed by atoms with van der Waals surface area (Å²) in [5, 5.41) is 15.0. The van der Waals surface area contributed by atoms with Gasteiger partial charge in [-0.3, -0.25) is 0 Å². The van der Waals surface area contributed by atoms with Crippen molar-refractivity contribution in [1.29, 1.82) is 0 Å². The maximum atomic E-state index is 6.38. The summed E-state index contributed by atoms with van der Waals surface area (Å²) < 4.78 is 7.40. The number of nitrogens with one attached hydrogen (secondary N) is 2. The molecule has 10 heteroatoms. The number of methoxy groups -OCH3 is 1. The number of anilines is 3. The molecule has 2 heterocycles. The van der Waals surface area contributed by atoms with Crippen LogP contribution in [-0.4, -0.2) is 73.7 Å². The van der Waals surface area contributed by atoms with Gasteiger partial charge in [-0.05, 0) is 32.3 Å². The first-order valence-electron chi connectivity index (χ1n) is 10.4. The van der Waals surface area contributed by atoms with Gasteiger partial charge in [0.15, 0.2) is 0 Å². The molecule has 2 aromatic carbocycles. The van der Waals surface area contributed by atoms with E-state index in [1.54, 1.807) is 18.1 Å². The molecule has 0 spiro atoms. The molecule has 0 aliphatic carbocycles. The summed E-state index contributed by atoms with van der Waals surface area (Å²) in [4.78, 5) is 8.74. The zero-order valence-electron chi connectivity index (χ0n) is 18.8. The Morgan fingerprint density at radius 1 is 1.19 bits per heavy atom. The van der Waals surface area contributed by atoms with Gasteiger partial charge in [0, 0.05) is 32.3 Å². The summed E-state index contributed by atoms with van der Waals surface area (Å²) in [5.74, 6) is 1.46. The van der Waals surface area contributed by atoms with Crippen LogP contribution in [-0.2, 0) is 0 Å². The summed E-state index contributed by atoms with van der Waals surface area (Å²) in [6.07, 6.45) is 3.25. The number of ether oxygens (including phenoxy) is 1. The van der Waals surface area contributed by atoms with E-state index in [1.807, 2.05) is 63.6 Å². The van der Waals surface area contributed by atoms with Gasteiger partial charge in [-0.15, -0.1) is 5.10 Å². The molecule has 0 amide bonds. The first-order chi connectivity index (χ1) is 15.5. The first kappa shape index (κ1) is 21.4. The lowest BCUT2D eigenvalue weighted by molar-refractivity contribution is 0.413. The van der Waals surface area contributed by atoms with E-state index < -0.39 is 0 Å². The summed E-state index contributed by atoms with van der Waals surface area (Å²) in [5.41, 5.74) is 10.5. The number of nitrogens with two attached hydrogens (primary N) is 1.